The summed E-state index contributed by atoms with van der Waals surface area (Å²) >= 11 is 1.58. The number of aromatic nitrogens is 2. The van der Waals surface area contributed by atoms with Crippen molar-refractivity contribution in [3.8, 4) is 21.8 Å². The number of rotatable bonds is 2. The molecule has 0 aliphatic heterocycles. The molecule has 0 spiro atoms. The van der Waals surface area contributed by atoms with Crippen LogP contribution in [0.4, 0.5) is 4.39 Å². The maximum Gasteiger partial charge on any atom is 0.124 e. The van der Waals surface area contributed by atoms with Crippen molar-refractivity contribution in [3.05, 3.63) is 52.9 Å². The Morgan fingerprint density at radius 2 is 1.85 bits per heavy atom. The fourth-order valence-corrected chi connectivity index (χ4v) is 3.06. The molecule has 102 valence electrons. The molecule has 0 bridgehead atoms. The zero-order valence-corrected chi connectivity index (χ0v) is 12.5. The van der Waals surface area contributed by atoms with Crippen LogP contribution in [0, 0.1) is 19.7 Å². The van der Waals surface area contributed by atoms with Crippen molar-refractivity contribution in [1.29, 1.82) is 0 Å². The third kappa shape index (κ3) is 2.16. The number of nitrogens with zero attached hydrogens (tertiary/aromatic N) is 2. The Balaban J connectivity index is 2.01. The highest BCUT2D eigenvalue weighted by Crippen LogP contribution is 2.31. The number of hydrogen-bond donors (Lipinski definition) is 0. The zero-order chi connectivity index (χ0) is 14.3. The minimum Gasteiger partial charge on any atom is -0.351 e. The second-order valence-corrected chi connectivity index (χ2v) is 5.75. The molecule has 0 saturated carbocycles. The quantitative estimate of drug-likeness (QED) is 0.674. The number of halogens is 1. The van der Waals surface area contributed by atoms with Crippen LogP contribution >= 0.6 is 11.3 Å². The first-order valence-corrected chi connectivity index (χ1v) is 7.29. The number of hydrogen-bond acceptors (Lipinski definition) is 2. The van der Waals surface area contributed by atoms with Crippen molar-refractivity contribution in [2.45, 2.75) is 13.8 Å². The Morgan fingerprint density at radius 1 is 1.15 bits per heavy atom. The van der Waals surface area contributed by atoms with Gasteiger partial charge in [0.05, 0.1) is 5.69 Å². The summed E-state index contributed by atoms with van der Waals surface area (Å²) in [4.78, 5) is 4.68. The van der Waals surface area contributed by atoms with Gasteiger partial charge in [0.15, 0.2) is 0 Å². The van der Waals surface area contributed by atoms with Gasteiger partial charge in [-0.25, -0.2) is 9.37 Å². The lowest BCUT2D eigenvalue weighted by Crippen LogP contribution is -1.92. The van der Waals surface area contributed by atoms with Crippen molar-refractivity contribution in [1.82, 2.24) is 9.55 Å². The molecule has 0 aliphatic rings. The molecular formula is C16H15FN2S. The van der Waals surface area contributed by atoms with Gasteiger partial charge in [-0.15, -0.1) is 11.3 Å². The maximum absolute atomic E-state index is 13.0. The van der Waals surface area contributed by atoms with Crippen LogP contribution < -0.4 is 0 Å². The van der Waals surface area contributed by atoms with E-state index in [1.165, 1.54) is 23.5 Å². The minimum atomic E-state index is -0.222. The zero-order valence-electron chi connectivity index (χ0n) is 11.6. The van der Waals surface area contributed by atoms with E-state index in [1.54, 1.807) is 23.5 Å². The molecule has 3 rings (SSSR count). The topological polar surface area (TPSA) is 17.8 Å². The molecule has 20 heavy (non-hydrogen) atoms. The summed E-state index contributed by atoms with van der Waals surface area (Å²) in [5, 5.41) is 2.97. The number of benzene rings is 1. The van der Waals surface area contributed by atoms with E-state index in [0.717, 1.165) is 21.8 Å². The number of aryl methyl sites for hydroxylation is 1. The molecule has 2 nitrogen and oxygen atoms in total. The van der Waals surface area contributed by atoms with Crippen molar-refractivity contribution < 1.29 is 4.39 Å². The van der Waals surface area contributed by atoms with Crippen molar-refractivity contribution in [2.24, 2.45) is 7.05 Å². The van der Waals surface area contributed by atoms with E-state index < -0.39 is 0 Å². The summed E-state index contributed by atoms with van der Waals surface area (Å²) in [7, 11) is 2.06. The Bertz CT molecular complexity index is 753. The van der Waals surface area contributed by atoms with Crippen LogP contribution in [0.5, 0.6) is 0 Å². The van der Waals surface area contributed by atoms with Gasteiger partial charge in [-0.05, 0) is 44.2 Å². The van der Waals surface area contributed by atoms with Gasteiger partial charge < -0.3 is 4.57 Å². The fraction of sp³-hybridized carbons (Fsp3) is 0.188. The fourth-order valence-electron chi connectivity index (χ4n) is 2.24. The summed E-state index contributed by atoms with van der Waals surface area (Å²) < 4.78 is 15.1. The van der Waals surface area contributed by atoms with E-state index in [9.17, 15) is 4.39 Å². The smallest absolute Gasteiger partial charge is 0.124 e. The molecule has 2 aromatic heterocycles. The van der Waals surface area contributed by atoms with E-state index in [2.05, 4.69) is 41.9 Å². The molecule has 0 N–H and O–H groups in total. The Hall–Kier alpha value is -1.94. The van der Waals surface area contributed by atoms with E-state index in [0.29, 0.717) is 0 Å². The maximum atomic E-state index is 13.0. The van der Waals surface area contributed by atoms with Gasteiger partial charge in [0.25, 0.3) is 0 Å². The third-order valence-corrected chi connectivity index (χ3v) is 4.54. The van der Waals surface area contributed by atoms with Crippen molar-refractivity contribution >= 4 is 11.3 Å². The summed E-state index contributed by atoms with van der Waals surface area (Å²) in [5.41, 5.74) is 5.52. The van der Waals surface area contributed by atoms with Gasteiger partial charge >= 0.3 is 0 Å². The van der Waals surface area contributed by atoms with E-state index >= 15 is 0 Å². The molecule has 0 atom stereocenters. The predicted molar refractivity (Wildman–Crippen MR) is 81.4 cm³/mol. The number of thiazole rings is 1. The summed E-state index contributed by atoms with van der Waals surface area (Å²) in [6.45, 7) is 4.18. The molecule has 0 saturated heterocycles. The van der Waals surface area contributed by atoms with Crippen LogP contribution in [0.3, 0.4) is 0 Å². The van der Waals surface area contributed by atoms with Gasteiger partial charge in [0, 0.05) is 34.9 Å². The Morgan fingerprint density at radius 3 is 2.45 bits per heavy atom. The van der Waals surface area contributed by atoms with Crippen molar-refractivity contribution in [3.63, 3.8) is 0 Å². The molecule has 2 heterocycles. The lowest BCUT2D eigenvalue weighted by molar-refractivity contribution is 0.628. The highest BCUT2D eigenvalue weighted by Gasteiger charge is 2.12. The molecule has 1 aromatic carbocycles. The SMILES string of the molecule is Cc1cc(-c2csc(-c3ccc(F)cc3)n2)c(C)n1C. The highest BCUT2D eigenvalue weighted by molar-refractivity contribution is 7.13. The van der Waals surface area contributed by atoms with Gasteiger partial charge in [0.2, 0.25) is 0 Å². The molecule has 0 aliphatic carbocycles. The summed E-state index contributed by atoms with van der Waals surface area (Å²) in [5.74, 6) is -0.222. The first-order valence-electron chi connectivity index (χ1n) is 6.41. The molecule has 3 aromatic rings. The second kappa shape index (κ2) is 4.87. The second-order valence-electron chi connectivity index (χ2n) is 4.89. The van der Waals surface area contributed by atoms with E-state index in [4.69, 9.17) is 0 Å². The molecule has 0 radical (unpaired) electrons. The van der Waals surface area contributed by atoms with Gasteiger partial charge in [-0.2, -0.15) is 0 Å². The third-order valence-electron chi connectivity index (χ3n) is 3.65. The van der Waals surface area contributed by atoms with Crippen LogP contribution in [0.2, 0.25) is 0 Å². The van der Waals surface area contributed by atoms with Crippen LogP contribution in [0.25, 0.3) is 21.8 Å². The Labute approximate surface area is 121 Å². The van der Waals surface area contributed by atoms with Crippen LogP contribution in [0.1, 0.15) is 11.4 Å². The molecule has 4 heteroatoms. The van der Waals surface area contributed by atoms with Crippen LogP contribution in [-0.2, 0) is 7.05 Å². The first-order chi connectivity index (χ1) is 9.56. The lowest BCUT2D eigenvalue weighted by Gasteiger charge is -2.00. The summed E-state index contributed by atoms with van der Waals surface area (Å²) in [6, 6.07) is 8.61. The van der Waals surface area contributed by atoms with Crippen LogP contribution in [-0.4, -0.2) is 9.55 Å². The monoisotopic (exact) mass is 286 g/mol. The molecule has 0 fully saturated rings. The van der Waals surface area contributed by atoms with Crippen molar-refractivity contribution in [2.75, 3.05) is 0 Å². The van der Waals surface area contributed by atoms with E-state index in [1.807, 2.05) is 0 Å². The largest absolute Gasteiger partial charge is 0.351 e. The molecule has 0 unspecified atom stereocenters. The van der Waals surface area contributed by atoms with Crippen LogP contribution in [0.15, 0.2) is 35.7 Å². The minimum absolute atomic E-state index is 0.222. The molecular weight excluding hydrogens is 271 g/mol. The normalized spacial score (nSPS) is 11.0. The molecule has 0 amide bonds. The summed E-state index contributed by atoms with van der Waals surface area (Å²) in [6.07, 6.45) is 0. The van der Waals surface area contributed by atoms with Gasteiger partial charge in [-0.1, -0.05) is 0 Å². The predicted octanol–water partition coefficient (Wildman–Crippen LogP) is 4.57. The highest BCUT2D eigenvalue weighted by atomic mass is 32.1. The van der Waals surface area contributed by atoms with Gasteiger partial charge in [0.1, 0.15) is 10.8 Å². The van der Waals surface area contributed by atoms with E-state index in [-0.39, 0.29) is 5.82 Å². The standard InChI is InChI=1S/C16H15FN2S/c1-10-8-14(11(2)19(10)3)15-9-20-16(18-15)12-4-6-13(17)7-5-12/h4-9H,1-3H3. The first kappa shape index (κ1) is 13.1. The average molecular weight is 286 g/mol. The Kier molecular flexibility index (Phi) is 3.18. The van der Waals surface area contributed by atoms with Gasteiger partial charge in [-0.3, -0.25) is 0 Å². The lowest BCUT2D eigenvalue weighted by atomic mass is 10.2. The average Bonchev–Trinajstić information content (AvgIpc) is 3.01.